The molecule has 0 saturated heterocycles. The van der Waals surface area contributed by atoms with E-state index in [-0.39, 0.29) is 19.0 Å². The van der Waals surface area contributed by atoms with Crippen molar-refractivity contribution in [1.29, 1.82) is 0 Å². The van der Waals surface area contributed by atoms with Gasteiger partial charge in [-0.1, -0.05) is 0 Å². The molecular weight excluding hydrogens is 210 g/mol. The predicted molar refractivity (Wildman–Crippen MR) is 32.6 cm³/mol. The Labute approximate surface area is 78.4 Å². The SMILES string of the molecule is [Cl-].[NH3+]C[C@H](CO[N+](=O)[O-])O[N+](=O)[O-]. The van der Waals surface area contributed by atoms with Gasteiger partial charge in [-0.15, -0.1) is 20.2 Å². The van der Waals surface area contributed by atoms with Crippen LogP contribution in [0.3, 0.4) is 0 Å². The van der Waals surface area contributed by atoms with E-state index in [4.69, 9.17) is 0 Å². The third-order valence-electron chi connectivity index (χ3n) is 0.923. The van der Waals surface area contributed by atoms with Crippen LogP contribution in [-0.4, -0.2) is 29.4 Å². The average Bonchev–Trinajstić information content (AvgIpc) is 1.97. The standard InChI is InChI=1S/C3H7N3O6.ClH/c4-1-3(12-6(9)10)2-11-5(7)8;/h3H,1-2,4H2;1H/t3-;/m1./s1. The minimum atomic E-state index is -1.05. The molecule has 0 aromatic rings. The van der Waals surface area contributed by atoms with Gasteiger partial charge in [0.25, 0.3) is 10.2 Å². The molecule has 9 nitrogen and oxygen atoms in total. The van der Waals surface area contributed by atoms with E-state index in [2.05, 4.69) is 15.4 Å². The maximum absolute atomic E-state index is 9.74. The van der Waals surface area contributed by atoms with Gasteiger partial charge in [0.15, 0.2) is 6.10 Å². The van der Waals surface area contributed by atoms with Crippen LogP contribution in [0.5, 0.6) is 0 Å². The van der Waals surface area contributed by atoms with Gasteiger partial charge in [-0.25, -0.2) is 0 Å². The Kier molecular flexibility index (Phi) is 7.98. The van der Waals surface area contributed by atoms with Crippen molar-refractivity contribution >= 4 is 0 Å². The van der Waals surface area contributed by atoms with E-state index >= 15 is 0 Å². The molecule has 0 bridgehead atoms. The summed E-state index contributed by atoms with van der Waals surface area (Å²) in [5.41, 5.74) is 3.28. The van der Waals surface area contributed by atoms with Crippen molar-refractivity contribution in [1.82, 2.24) is 0 Å². The van der Waals surface area contributed by atoms with Crippen molar-refractivity contribution in [3.63, 3.8) is 0 Å². The fourth-order valence-electron chi connectivity index (χ4n) is 0.432. The molecule has 0 aromatic carbocycles. The molecule has 0 spiro atoms. The third kappa shape index (κ3) is 8.56. The van der Waals surface area contributed by atoms with Gasteiger partial charge in [-0.3, -0.25) is 0 Å². The molecule has 0 unspecified atom stereocenters. The van der Waals surface area contributed by atoms with Gasteiger partial charge < -0.3 is 27.8 Å². The van der Waals surface area contributed by atoms with Crippen molar-refractivity contribution in [3.05, 3.63) is 20.2 Å². The molecule has 0 fully saturated rings. The second kappa shape index (κ2) is 7.31. The summed E-state index contributed by atoms with van der Waals surface area (Å²) in [5.74, 6) is 0. The highest BCUT2D eigenvalue weighted by Gasteiger charge is 2.15. The predicted octanol–water partition coefficient (Wildman–Crippen LogP) is -4.98. The molecule has 78 valence electrons. The molecule has 10 heteroatoms. The van der Waals surface area contributed by atoms with Crippen LogP contribution in [0.15, 0.2) is 0 Å². The number of hydrogen-bond donors (Lipinski definition) is 1. The Morgan fingerprint density at radius 1 is 1.31 bits per heavy atom. The molecule has 0 saturated carbocycles. The van der Waals surface area contributed by atoms with Crippen LogP contribution in [0.2, 0.25) is 0 Å². The summed E-state index contributed by atoms with van der Waals surface area (Å²) in [6, 6.07) is 0. The van der Waals surface area contributed by atoms with Crippen molar-refractivity contribution in [2.75, 3.05) is 13.2 Å². The maximum atomic E-state index is 9.74. The van der Waals surface area contributed by atoms with E-state index in [0.29, 0.717) is 0 Å². The zero-order valence-corrected chi connectivity index (χ0v) is 7.18. The van der Waals surface area contributed by atoms with Gasteiger partial charge in [0, 0.05) is 0 Å². The fourth-order valence-corrected chi connectivity index (χ4v) is 0.432. The smallest absolute Gasteiger partial charge is 0.295 e. The number of nitrogens with zero attached hydrogens (tertiary/aromatic N) is 2. The number of halogens is 1. The van der Waals surface area contributed by atoms with Gasteiger partial charge in [0.1, 0.15) is 13.2 Å². The molecular formula is C3H8ClN3O6. The number of hydrogen-bond acceptors (Lipinski definition) is 6. The summed E-state index contributed by atoms with van der Waals surface area (Å²) < 4.78 is 0. The Morgan fingerprint density at radius 3 is 2.15 bits per heavy atom. The largest absolute Gasteiger partial charge is 1.00 e. The summed E-state index contributed by atoms with van der Waals surface area (Å²) in [6.45, 7) is -0.466. The Balaban J connectivity index is 0. The van der Waals surface area contributed by atoms with E-state index in [1.807, 2.05) is 0 Å². The van der Waals surface area contributed by atoms with E-state index in [9.17, 15) is 20.2 Å². The van der Waals surface area contributed by atoms with Crippen LogP contribution in [0.4, 0.5) is 0 Å². The van der Waals surface area contributed by atoms with Crippen molar-refractivity contribution in [3.8, 4) is 0 Å². The molecule has 1 atom stereocenters. The molecule has 0 aromatic heterocycles. The second-order valence-electron chi connectivity index (χ2n) is 1.76. The molecule has 0 radical (unpaired) electrons. The Morgan fingerprint density at radius 2 is 1.85 bits per heavy atom. The van der Waals surface area contributed by atoms with Crippen LogP contribution >= 0.6 is 0 Å². The minimum absolute atomic E-state index is 0. The minimum Gasteiger partial charge on any atom is -1.00 e. The Hall–Kier alpha value is -1.35. The highest BCUT2D eigenvalue weighted by Crippen LogP contribution is 1.90. The number of quaternary nitrogens is 1. The summed E-state index contributed by atoms with van der Waals surface area (Å²) >= 11 is 0. The van der Waals surface area contributed by atoms with Gasteiger partial charge >= 0.3 is 0 Å². The van der Waals surface area contributed by atoms with Crippen molar-refractivity contribution in [2.45, 2.75) is 6.10 Å². The van der Waals surface area contributed by atoms with Crippen LogP contribution < -0.4 is 18.1 Å². The lowest BCUT2D eigenvalue weighted by molar-refractivity contribution is -0.793. The first kappa shape index (κ1) is 14.2. The number of rotatable bonds is 6. The highest BCUT2D eigenvalue weighted by molar-refractivity contribution is 4.46. The first-order valence-corrected chi connectivity index (χ1v) is 2.94. The highest BCUT2D eigenvalue weighted by atomic mass is 35.5. The van der Waals surface area contributed by atoms with Gasteiger partial charge in [-0.05, 0) is 0 Å². The lowest BCUT2D eigenvalue weighted by Gasteiger charge is -2.07. The van der Waals surface area contributed by atoms with Crippen LogP contribution in [0.25, 0.3) is 0 Å². The maximum Gasteiger partial charge on any atom is 0.295 e. The van der Waals surface area contributed by atoms with Gasteiger partial charge in [-0.2, -0.15) is 0 Å². The third-order valence-corrected chi connectivity index (χ3v) is 0.923. The quantitative estimate of drug-likeness (QED) is 0.350. The van der Waals surface area contributed by atoms with Gasteiger partial charge in [0.05, 0.1) is 0 Å². The average molecular weight is 218 g/mol. The summed E-state index contributed by atoms with van der Waals surface area (Å²) in [7, 11) is 0. The molecule has 0 aliphatic carbocycles. The zero-order chi connectivity index (χ0) is 9.56. The zero-order valence-electron chi connectivity index (χ0n) is 6.42. The first-order chi connectivity index (χ1) is 5.56. The second-order valence-corrected chi connectivity index (χ2v) is 1.76. The topological polar surface area (TPSA) is 132 Å². The van der Waals surface area contributed by atoms with Crippen molar-refractivity contribution < 1.29 is 38.0 Å². The van der Waals surface area contributed by atoms with Crippen LogP contribution in [0, 0.1) is 20.2 Å². The molecule has 0 aliphatic heterocycles. The molecule has 0 heterocycles. The van der Waals surface area contributed by atoms with E-state index in [1.54, 1.807) is 0 Å². The molecule has 13 heavy (non-hydrogen) atoms. The first-order valence-electron chi connectivity index (χ1n) is 2.94. The van der Waals surface area contributed by atoms with Gasteiger partial charge in [0.2, 0.25) is 0 Å². The summed E-state index contributed by atoms with van der Waals surface area (Å²) in [5, 5.41) is 17.3. The fraction of sp³-hybridized carbons (Fsp3) is 1.00. The molecule has 3 N–H and O–H groups in total. The van der Waals surface area contributed by atoms with Crippen molar-refractivity contribution in [2.24, 2.45) is 0 Å². The molecule has 0 aliphatic rings. The summed E-state index contributed by atoms with van der Waals surface area (Å²) in [6.07, 6.45) is -0.995. The summed E-state index contributed by atoms with van der Waals surface area (Å²) in [4.78, 5) is 27.2. The lowest BCUT2D eigenvalue weighted by atomic mass is 10.4. The van der Waals surface area contributed by atoms with Crippen LogP contribution in [-0.2, 0) is 9.68 Å². The van der Waals surface area contributed by atoms with E-state index in [0.717, 1.165) is 0 Å². The molecule has 0 rings (SSSR count). The van der Waals surface area contributed by atoms with E-state index < -0.39 is 22.9 Å². The lowest BCUT2D eigenvalue weighted by Crippen LogP contribution is -3.00. The van der Waals surface area contributed by atoms with E-state index in [1.165, 1.54) is 0 Å². The normalized spacial score (nSPS) is 10.8. The van der Waals surface area contributed by atoms with Crippen LogP contribution in [0.1, 0.15) is 0 Å². The molecule has 0 amide bonds. The Bertz CT molecular complexity index is 177. The monoisotopic (exact) mass is 217 g/mol.